The van der Waals surface area contributed by atoms with Crippen molar-refractivity contribution in [2.24, 2.45) is 5.41 Å². The molecule has 10 N–H and O–H groups in total. The summed E-state index contributed by atoms with van der Waals surface area (Å²) < 4.78 is 62.3. The molecular weight excluding hydrogens is 915 g/mol. The Morgan fingerprint density at radius 1 is 0.905 bits per heavy atom. The number of hydrogen-bond donors (Lipinski definition) is 9. The summed E-state index contributed by atoms with van der Waals surface area (Å²) in [5.74, 6) is -1.02. The smallest absolute Gasteiger partial charge is 0.386 e. The molecule has 63 heavy (non-hydrogen) atoms. The third kappa shape index (κ3) is 19.5. The Kier molecular flexibility index (Phi) is 22.7. The van der Waals surface area contributed by atoms with E-state index in [4.69, 9.17) is 19.5 Å². The number of carbonyl (C=O) groups is 3. The highest BCUT2D eigenvalue weighted by molar-refractivity contribution is 8.13. The number of aliphatic hydroxyl groups excluding tert-OH is 2. The molecule has 0 saturated carbocycles. The van der Waals surface area contributed by atoms with Crippen LogP contribution in [0.25, 0.3) is 11.2 Å². The molecule has 0 radical (unpaired) electrons. The number of ether oxygens (including phenoxy) is 1. The first kappa shape index (κ1) is 54.9. The van der Waals surface area contributed by atoms with Gasteiger partial charge in [0, 0.05) is 37.1 Å². The lowest BCUT2D eigenvalue weighted by atomic mass is 9.87. The molecule has 0 spiro atoms. The van der Waals surface area contributed by atoms with Gasteiger partial charge in [0.2, 0.25) is 11.8 Å². The van der Waals surface area contributed by atoms with Crippen molar-refractivity contribution in [1.29, 1.82) is 0 Å². The summed E-state index contributed by atoms with van der Waals surface area (Å²) in [4.78, 5) is 88.2. The molecule has 0 aromatic carbocycles. The van der Waals surface area contributed by atoms with Gasteiger partial charge in [-0.2, -0.15) is 4.31 Å². The second-order valence-corrected chi connectivity index (χ2v) is 21.0. The van der Waals surface area contributed by atoms with E-state index in [0.717, 1.165) is 48.2 Å². The molecule has 2 amide bonds. The molecule has 1 aliphatic rings. The number of nitrogens with two attached hydrogens (primary N) is 1. The van der Waals surface area contributed by atoms with Crippen LogP contribution in [0.2, 0.25) is 0 Å². The largest absolute Gasteiger partial charge is 0.481 e. The van der Waals surface area contributed by atoms with Crippen LogP contribution in [0.1, 0.15) is 110 Å². The number of carbonyl (C=O) groups excluding carboxylic acids is 3. The first-order chi connectivity index (χ1) is 29.6. The summed E-state index contributed by atoms with van der Waals surface area (Å²) in [7, 11) is -16.4. The number of aromatic nitrogens is 4. The summed E-state index contributed by atoms with van der Waals surface area (Å²) in [5.41, 5.74) is 4.29. The van der Waals surface area contributed by atoms with E-state index >= 15 is 0 Å². The zero-order valence-electron chi connectivity index (χ0n) is 35.6. The van der Waals surface area contributed by atoms with Gasteiger partial charge < -0.3 is 50.9 Å². The lowest BCUT2D eigenvalue weighted by molar-refractivity contribution is -0.137. The molecule has 3 heterocycles. The highest BCUT2D eigenvalue weighted by Gasteiger charge is 2.50. The minimum absolute atomic E-state index is 0.0335. The number of imidazole rings is 1. The highest BCUT2D eigenvalue weighted by Crippen LogP contribution is 2.61. The van der Waals surface area contributed by atoms with Gasteiger partial charge in [-0.05, 0) is 6.42 Å². The molecule has 2 aromatic heterocycles. The van der Waals surface area contributed by atoms with Crippen molar-refractivity contribution in [3.05, 3.63) is 12.7 Å². The van der Waals surface area contributed by atoms with E-state index in [1.165, 1.54) is 65.2 Å². The number of nitrogens with one attached hydrogen (secondary N) is 2. The minimum atomic E-state index is -5.57. The van der Waals surface area contributed by atoms with Gasteiger partial charge in [-0.15, -0.1) is 0 Å². The van der Waals surface area contributed by atoms with Crippen LogP contribution >= 0.6 is 35.2 Å². The molecule has 1 saturated heterocycles. The van der Waals surface area contributed by atoms with E-state index in [9.17, 15) is 57.9 Å². The summed E-state index contributed by atoms with van der Waals surface area (Å²) in [6, 6.07) is 0. The van der Waals surface area contributed by atoms with Gasteiger partial charge in [0.05, 0.1) is 19.5 Å². The number of amides is 2. The first-order valence-electron chi connectivity index (χ1n) is 20.6. The van der Waals surface area contributed by atoms with E-state index < -0.39 is 84.6 Å². The van der Waals surface area contributed by atoms with Crippen LogP contribution in [0, 0.1) is 5.41 Å². The van der Waals surface area contributed by atoms with Gasteiger partial charge in [-0.25, -0.2) is 28.6 Å². The Morgan fingerprint density at radius 3 is 2.16 bits per heavy atom. The molecule has 0 aliphatic carbocycles. The molecular formula is C35H62N7O17P3S. The Bertz CT molecular complexity index is 1920. The topological polar surface area (TPSA) is 364 Å². The van der Waals surface area contributed by atoms with Crippen LogP contribution < -0.4 is 16.4 Å². The standard InChI is InChI=1S/C35H62N7O17P3S/c1-4-5-6-7-8-9-10-11-12-13-14-15-26(44)63-19-18-37-25(43)16-17-38-33(47)30(46)35(2,3)21-56-62(53,54)59-61(51,52)55-20-24-29(58-60(48,49)50)28(45)34(57-24)42-23-41-27-31(36)39-22-40-32(27)42/h22-24,28-30,34,45-46H,4-21H2,1-3H3,(H,37,43)(H,38,47)(H,51,52)(H,53,54)(H2,36,39,40)(H2,48,49,50)/t24-,28-,29-,30+,34-/m1/s1. The maximum Gasteiger partial charge on any atom is 0.481 e. The Morgan fingerprint density at radius 2 is 1.52 bits per heavy atom. The summed E-state index contributed by atoms with van der Waals surface area (Å²) in [6.07, 6.45) is 6.75. The van der Waals surface area contributed by atoms with E-state index in [2.05, 4.69) is 41.3 Å². The molecule has 1 fully saturated rings. The number of aliphatic hydroxyl groups is 2. The van der Waals surface area contributed by atoms with Gasteiger partial charge in [0.25, 0.3) is 0 Å². The quantitative estimate of drug-likeness (QED) is 0.0386. The van der Waals surface area contributed by atoms with E-state index in [1.54, 1.807) is 0 Å². The van der Waals surface area contributed by atoms with Crippen LogP contribution in [-0.4, -0.2) is 123 Å². The number of thioether (sulfide) groups is 1. The number of fused-ring (bicyclic) bond motifs is 1. The number of nitrogen functional groups attached to an aromatic ring is 1. The minimum Gasteiger partial charge on any atom is -0.386 e. The fraction of sp³-hybridized carbons (Fsp3) is 0.771. The molecule has 1 aliphatic heterocycles. The van der Waals surface area contributed by atoms with Crippen molar-refractivity contribution in [3.8, 4) is 0 Å². The second-order valence-electron chi connectivity index (χ2n) is 15.6. The number of nitrogens with zero attached hydrogens (tertiary/aromatic N) is 4. The van der Waals surface area contributed by atoms with Crippen LogP contribution in [0.3, 0.4) is 0 Å². The van der Waals surface area contributed by atoms with Crippen molar-refractivity contribution in [2.75, 3.05) is 37.8 Å². The van der Waals surface area contributed by atoms with Crippen molar-refractivity contribution < 1.29 is 80.5 Å². The number of rotatable bonds is 31. The Balaban J connectivity index is 1.35. The summed E-state index contributed by atoms with van der Waals surface area (Å²) in [6.45, 7) is 2.79. The second kappa shape index (κ2) is 26.0. The zero-order chi connectivity index (χ0) is 46.8. The van der Waals surface area contributed by atoms with Gasteiger partial charge in [-0.3, -0.25) is 32.5 Å². The van der Waals surface area contributed by atoms with Gasteiger partial charge >= 0.3 is 23.5 Å². The van der Waals surface area contributed by atoms with Crippen molar-refractivity contribution >= 4 is 69.1 Å². The van der Waals surface area contributed by atoms with Gasteiger partial charge in [0.1, 0.15) is 36.3 Å². The molecule has 3 rings (SSSR count). The van der Waals surface area contributed by atoms with E-state index in [0.29, 0.717) is 12.2 Å². The van der Waals surface area contributed by atoms with Gasteiger partial charge in [-0.1, -0.05) is 96.7 Å². The molecule has 28 heteroatoms. The highest BCUT2D eigenvalue weighted by atomic mass is 32.2. The molecule has 2 aromatic rings. The fourth-order valence-corrected chi connectivity index (χ4v) is 9.85. The fourth-order valence-electron chi connectivity index (χ4n) is 6.30. The lowest BCUT2D eigenvalue weighted by Gasteiger charge is -2.30. The molecule has 7 atom stereocenters. The van der Waals surface area contributed by atoms with E-state index in [1.807, 2.05) is 0 Å². The average Bonchev–Trinajstić information content (AvgIpc) is 3.76. The third-order valence-corrected chi connectivity index (χ3v) is 13.8. The number of phosphoric acid groups is 3. The third-order valence-electron chi connectivity index (χ3n) is 9.75. The first-order valence-corrected chi connectivity index (χ1v) is 26.1. The van der Waals surface area contributed by atoms with E-state index in [-0.39, 0.29) is 41.6 Å². The number of hydrogen-bond acceptors (Lipinski definition) is 18. The zero-order valence-corrected chi connectivity index (χ0v) is 39.1. The van der Waals surface area contributed by atoms with Crippen LogP contribution in [-0.2, 0) is 50.7 Å². The lowest BCUT2D eigenvalue weighted by Crippen LogP contribution is -2.46. The monoisotopic (exact) mass is 977 g/mol. The van der Waals surface area contributed by atoms with Crippen molar-refractivity contribution in [1.82, 2.24) is 30.2 Å². The SMILES string of the molecule is CCCCCCCCCCCCCC(=O)SCCNC(=O)CCNC(=O)[C@H](O)C(C)(C)COP(=O)(O)OP(=O)(O)OC[C@H]1O[C@@H](n2cnc3c(N)ncnc32)[C@H](O)[C@@H]1OP(=O)(O)O. The molecule has 24 nitrogen and oxygen atoms in total. The summed E-state index contributed by atoms with van der Waals surface area (Å²) in [5, 5.41) is 26.6. The van der Waals surface area contributed by atoms with Crippen LogP contribution in [0.4, 0.5) is 5.82 Å². The maximum absolute atomic E-state index is 12.7. The predicted octanol–water partition coefficient (Wildman–Crippen LogP) is 3.37. The number of phosphoric ester groups is 3. The predicted molar refractivity (Wildman–Crippen MR) is 228 cm³/mol. The molecule has 0 bridgehead atoms. The van der Waals surface area contributed by atoms with Crippen molar-refractivity contribution in [3.63, 3.8) is 0 Å². The van der Waals surface area contributed by atoms with Gasteiger partial charge in [0.15, 0.2) is 22.8 Å². The van der Waals surface area contributed by atoms with Crippen LogP contribution in [0.15, 0.2) is 12.7 Å². The number of anilines is 1. The normalized spacial score (nSPS) is 20.6. The Labute approximate surface area is 369 Å². The molecule has 2 unspecified atom stereocenters. The Hall–Kier alpha value is -2.44. The number of unbranched alkanes of at least 4 members (excludes halogenated alkanes) is 10. The molecule has 360 valence electrons. The summed E-state index contributed by atoms with van der Waals surface area (Å²) >= 11 is 1.15. The van der Waals surface area contributed by atoms with Crippen molar-refractivity contribution in [2.45, 2.75) is 135 Å². The average molecular weight is 978 g/mol. The maximum atomic E-state index is 12.7. The van der Waals surface area contributed by atoms with Crippen LogP contribution in [0.5, 0.6) is 0 Å².